The highest BCUT2D eigenvalue weighted by Gasteiger charge is 2.31. The predicted molar refractivity (Wildman–Crippen MR) is 105 cm³/mol. The van der Waals surface area contributed by atoms with Crippen LogP contribution in [0.5, 0.6) is 5.88 Å². The monoisotopic (exact) mass is 397 g/mol. The minimum absolute atomic E-state index is 0.0326. The standard InChI is InChI=1S/C20H23N5O4/c1-11-18(20(24-29-11)28-16-10-21-9-15(16)27-2)13-5-6-25-14(7-13)8-17(23-25)22-19(26)12-3-4-12/h5-8,12,15-16,21H,3-4,9-10H2,1-2H3,(H,22,23,26)/t15-,16+/m1/s1. The molecule has 1 saturated carbocycles. The summed E-state index contributed by atoms with van der Waals surface area (Å²) in [5.41, 5.74) is 2.57. The van der Waals surface area contributed by atoms with Crippen molar-refractivity contribution in [3.05, 3.63) is 30.2 Å². The molecular formula is C20H23N5O4. The number of rotatable bonds is 6. The summed E-state index contributed by atoms with van der Waals surface area (Å²) in [6, 6.07) is 5.77. The first-order valence-corrected chi connectivity index (χ1v) is 9.79. The van der Waals surface area contributed by atoms with Gasteiger partial charge in [0.25, 0.3) is 5.88 Å². The van der Waals surface area contributed by atoms with Crippen LogP contribution in [0, 0.1) is 12.8 Å². The Kier molecular flexibility index (Phi) is 4.48. The van der Waals surface area contributed by atoms with Crippen molar-refractivity contribution >= 4 is 17.2 Å². The molecule has 2 N–H and O–H groups in total. The number of pyridine rings is 1. The molecule has 9 nitrogen and oxygen atoms in total. The van der Waals surface area contributed by atoms with Crippen molar-refractivity contribution in [1.82, 2.24) is 20.1 Å². The van der Waals surface area contributed by atoms with Gasteiger partial charge in [-0.15, -0.1) is 0 Å². The summed E-state index contributed by atoms with van der Waals surface area (Å²) < 4.78 is 18.7. The molecule has 5 rings (SSSR count). The zero-order valence-corrected chi connectivity index (χ0v) is 16.3. The van der Waals surface area contributed by atoms with Crippen LogP contribution in [0.15, 0.2) is 28.9 Å². The zero-order valence-electron chi connectivity index (χ0n) is 16.3. The molecule has 0 unspecified atom stereocenters. The van der Waals surface area contributed by atoms with Gasteiger partial charge in [-0.25, -0.2) is 4.52 Å². The molecule has 0 spiro atoms. The van der Waals surface area contributed by atoms with Gasteiger partial charge in [0.05, 0.1) is 11.1 Å². The predicted octanol–water partition coefficient (Wildman–Crippen LogP) is 2.01. The summed E-state index contributed by atoms with van der Waals surface area (Å²) >= 11 is 0. The van der Waals surface area contributed by atoms with Crippen LogP contribution < -0.4 is 15.4 Å². The summed E-state index contributed by atoms with van der Waals surface area (Å²) in [7, 11) is 1.68. The molecule has 1 aliphatic carbocycles. The second kappa shape index (κ2) is 7.16. The number of carbonyl (C=O) groups excluding carboxylic acids is 1. The number of nitrogens with one attached hydrogen (secondary N) is 2. The minimum atomic E-state index is -0.133. The highest BCUT2D eigenvalue weighted by molar-refractivity contribution is 5.93. The number of nitrogens with zero attached hydrogens (tertiary/aromatic N) is 3. The van der Waals surface area contributed by atoms with Gasteiger partial charge < -0.3 is 24.6 Å². The molecule has 2 atom stereocenters. The minimum Gasteiger partial charge on any atom is -0.468 e. The van der Waals surface area contributed by atoms with Crippen LogP contribution in [-0.2, 0) is 9.53 Å². The van der Waals surface area contributed by atoms with Gasteiger partial charge in [0, 0.05) is 38.4 Å². The Morgan fingerprint density at radius 3 is 2.93 bits per heavy atom. The van der Waals surface area contributed by atoms with E-state index in [0.29, 0.717) is 24.0 Å². The smallest absolute Gasteiger partial charge is 0.262 e. The van der Waals surface area contributed by atoms with E-state index in [9.17, 15) is 4.79 Å². The number of hydrogen-bond acceptors (Lipinski definition) is 7. The van der Waals surface area contributed by atoms with Gasteiger partial charge in [0.2, 0.25) is 5.91 Å². The maximum atomic E-state index is 12.0. The molecule has 3 aromatic rings. The van der Waals surface area contributed by atoms with E-state index in [0.717, 1.165) is 36.0 Å². The normalized spacial score (nSPS) is 21.6. The number of methoxy groups -OCH3 is 1. The Morgan fingerprint density at radius 2 is 2.14 bits per heavy atom. The number of hydrogen-bond donors (Lipinski definition) is 2. The highest BCUT2D eigenvalue weighted by atomic mass is 16.6. The molecule has 1 aliphatic heterocycles. The summed E-state index contributed by atoms with van der Waals surface area (Å²) in [4.78, 5) is 12.0. The molecule has 4 heterocycles. The number of aryl methyl sites for hydroxylation is 1. The maximum Gasteiger partial charge on any atom is 0.262 e. The van der Waals surface area contributed by atoms with E-state index in [1.165, 1.54) is 0 Å². The maximum absolute atomic E-state index is 12.0. The number of aromatic nitrogens is 3. The van der Waals surface area contributed by atoms with Crippen molar-refractivity contribution in [1.29, 1.82) is 0 Å². The third kappa shape index (κ3) is 3.47. The summed E-state index contributed by atoms with van der Waals surface area (Å²) in [6.45, 7) is 3.29. The van der Waals surface area contributed by atoms with Crippen molar-refractivity contribution < 1.29 is 18.8 Å². The number of amides is 1. The van der Waals surface area contributed by atoms with E-state index in [4.69, 9.17) is 14.0 Å². The average Bonchev–Trinajstić information content (AvgIpc) is 3.19. The summed E-state index contributed by atoms with van der Waals surface area (Å²) in [5.74, 6) is 1.85. The lowest BCUT2D eigenvalue weighted by Crippen LogP contribution is -2.31. The molecule has 0 aromatic carbocycles. The second-order valence-corrected chi connectivity index (χ2v) is 7.59. The first kappa shape index (κ1) is 18.1. The third-order valence-electron chi connectivity index (χ3n) is 5.45. The van der Waals surface area contributed by atoms with Crippen LogP contribution in [0.25, 0.3) is 16.6 Å². The van der Waals surface area contributed by atoms with E-state index < -0.39 is 0 Å². The number of anilines is 1. The molecular weight excluding hydrogens is 374 g/mol. The van der Waals surface area contributed by atoms with Crippen molar-refractivity contribution in [3.8, 4) is 17.0 Å². The fourth-order valence-corrected chi connectivity index (χ4v) is 3.67. The lowest BCUT2D eigenvalue weighted by atomic mass is 10.1. The van der Waals surface area contributed by atoms with Gasteiger partial charge in [-0.05, 0) is 42.6 Å². The molecule has 0 radical (unpaired) electrons. The second-order valence-electron chi connectivity index (χ2n) is 7.59. The van der Waals surface area contributed by atoms with Crippen molar-refractivity contribution in [2.24, 2.45) is 5.92 Å². The SMILES string of the molecule is CO[C@@H]1CNC[C@@H]1Oc1noc(C)c1-c1ccn2nc(NC(=O)C3CC3)cc2c1. The Hall–Kier alpha value is -2.91. The van der Waals surface area contributed by atoms with Gasteiger partial charge in [0.15, 0.2) is 5.82 Å². The fraction of sp³-hybridized carbons (Fsp3) is 0.450. The molecule has 9 heteroatoms. The van der Waals surface area contributed by atoms with E-state index >= 15 is 0 Å². The van der Waals surface area contributed by atoms with Crippen LogP contribution in [-0.4, -0.2) is 53.1 Å². The largest absolute Gasteiger partial charge is 0.468 e. The Morgan fingerprint density at radius 1 is 1.31 bits per heavy atom. The number of carbonyl (C=O) groups is 1. The molecule has 0 bridgehead atoms. The molecule has 1 amide bonds. The summed E-state index contributed by atoms with van der Waals surface area (Å²) in [5, 5.41) is 14.7. The third-order valence-corrected chi connectivity index (χ3v) is 5.45. The Labute approximate surface area is 167 Å². The zero-order chi connectivity index (χ0) is 20.0. The van der Waals surface area contributed by atoms with Crippen LogP contribution >= 0.6 is 0 Å². The van der Waals surface area contributed by atoms with Crippen LogP contribution in [0.3, 0.4) is 0 Å². The molecule has 152 valence electrons. The van der Waals surface area contributed by atoms with Crippen molar-refractivity contribution in [3.63, 3.8) is 0 Å². The van der Waals surface area contributed by atoms with Crippen LogP contribution in [0.2, 0.25) is 0 Å². The first-order valence-electron chi connectivity index (χ1n) is 9.79. The van der Waals surface area contributed by atoms with Crippen LogP contribution in [0.4, 0.5) is 5.82 Å². The first-order chi connectivity index (χ1) is 14.1. The van der Waals surface area contributed by atoms with Gasteiger partial charge in [-0.3, -0.25) is 4.79 Å². The van der Waals surface area contributed by atoms with Crippen LogP contribution in [0.1, 0.15) is 18.6 Å². The van der Waals surface area contributed by atoms with Gasteiger partial charge in [-0.1, -0.05) is 0 Å². The molecule has 1 saturated heterocycles. The lowest BCUT2D eigenvalue weighted by Gasteiger charge is -2.17. The lowest BCUT2D eigenvalue weighted by molar-refractivity contribution is -0.117. The van der Waals surface area contributed by atoms with Crippen molar-refractivity contribution in [2.75, 3.05) is 25.5 Å². The van der Waals surface area contributed by atoms with E-state index in [2.05, 4.69) is 20.9 Å². The topological polar surface area (TPSA) is 103 Å². The van der Waals surface area contributed by atoms with Gasteiger partial charge in [0.1, 0.15) is 18.0 Å². The van der Waals surface area contributed by atoms with Crippen molar-refractivity contribution in [2.45, 2.75) is 32.0 Å². The highest BCUT2D eigenvalue weighted by Crippen LogP contribution is 2.35. The fourth-order valence-electron chi connectivity index (χ4n) is 3.67. The molecule has 29 heavy (non-hydrogen) atoms. The molecule has 2 fully saturated rings. The number of fused-ring (bicyclic) bond motifs is 1. The quantitative estimate of drug-likeness (QED) is 0.656. The van der Waals surface area contributed by atoms with Gasteiger partial charge in [-0.2, -0.15) is 5.10 Å². The molecule has 2 aliphatic rings. The number of ether oxygens (including phenoxy) is 2. The van der Waals surface area contributed by atoms with E-state index in [1.807, 2.05) is 31.3 Å². The summed E-state index contributed by atoms with van der Waals surface area (Å²) in [6.07, 6.45) is 3.60. The van der Waals surface area contributed by atoms with E-state index in [1.54, 1.807) is 11.6 Å². The van der Waals surface area contributed by atoms with E-state index in [-0.39, 0.29) is 24.0 Å². The van der Waals surface area contributed by atoms with Gasteiger partial charge >= 0.3 is 0 Å². The Bertz CT molecular complexity index is 1050. The Balaban J connectivity index is 1.42. The molecule has 3 aromatic heterocycles. The average molecular weight is 397 g/mol.